The lowest BCUT2D eigenvalue weighted by Crippen LogP contribution is -2.38. The fourth-order valence-corrected chi connectivity index (χ4v) is 2.13. The number of hydrogen-bond acceptors (Lipinski definition) is 4. The highest BCUT2D eigenvalue weighted by atomic mass is 35.5. The summed E-state index contributed by atoms with van der Waals surface area (Å²) in [7, 11) is 0. The molecule has 1 aromatic carbocycles. The second-order valence-corrected chi connectivity index (χ2v) is 5.04. The Morgan fingerprint density at radius 2 is 2.15 bits per heavy atom. The number of rotatable bonds is 5. The molecule has 1 aliphatic rings. The third-order valence-electron chi connectivity index (χ3n) is 3.03. The molecule has 1 fully saturated rings. The highest BCUT2D eigenvalue weighted by Crippen LogP contribution is 2.30. The average Bonchev–Trinajstić information content (AvgIpc) is 3.23. The topological polar surface area (TPSA) is 66.8 Å². The minimum absolute atomic E-state index is 0.0374. The van der Waals surface area contributed by atoms with Crippen molar-refractivity contribution in [3.8, 4) is 5.75 Å². The Morgan fingerprint density at radius 1 is 1.45 bits per heavy atom. The minimum Gasteiger partial charge on any atom is -0.508 e. The van der Waals surface area contributed by atoms with E-state index in [1.165, 1.54) is 23.1 Å². The third-order valence-corrected chi connectivity index (χ3v) is 3.36. The van der Waals surface area contributed by atoms with Gasteiger partial charge >= 0.3 is 5.97 Å². The summed E-state index contributed by atoms with van der Waals surface area (Å²) >= 11 is 5.98. The molecule has 0 aliphatic heterocycles. The highest BCUT2D eigenvalue weighted by Gasteiger charge is 2.35. The fourth-order valence-electron chi connectivity index (χ4n) is 1.93. The van der Waals surface area contributed by atoms with E-state index in [0.717, 1.165) is 12.8 Å². The number of ether oxygens (including phenoxy) is 1. The molecule has 1 aromatic rings. The highest BCUT2D eigenvalue weighted by molar-refractivity contribution is 6.33. The van der Waals surface area contributed by atoms with Crippen molar-refractivity contribution in [2.75, 3.05) is 13.2 Å². The van der Waals surface area contributed by atoms with Gasteiger partial charge < -0.3 is 14.7 Å². The quantitative estimate of drug-likeness (QED) is 0.846. The summed E-state index contributed by atoms with van der Waals surface area (Å²) in [6.45, 7) is 1.90. The van der Waals surface area contributed by atoms with Gasteiger partial charge in [-0.15, -0.1) is 0 Å². The monoisotopic (exact) mass is 297 g/mol. The Kier molecular flexibility index (Phi) is 4.49. The van der Waals surface area contributed by atoms with Crippen molar-refractivity contribution in [2.45, 2.75) is 25.8 Å². The van der Waals surface area contributed by atoms with Crippen LogP contribution in [0.4, 0.5) is 0 Å². The summed E-state index contributed by atoms with van der Waals surface area (Å²) in [4.78, 5) is 25.5. The van der Waals surface area contributed by atoms with Crippen LogP contribution in [0.25, 0.3) is 0 Å². The van der Waals surface area contributed by atoms with E-state index in [1.54, 1.807) is 6.92 Å². The lowest BCUT2D eigenvalue weighted by atomic mass is 10.2. The molecule has 1 amide bonds. The van der Waals surface area contributed by atoms with E-state index < -0.39 is 5.97 Å². The molecule has 0 heterocycles. The zero-order valence-corrected chi connectivity index (χ0v) is 11.9. The lowest BCUT2D eigenvalue weighted by molar-refractivity contribution is -0.144. The molecular formula is C14H16ClNO4. The van der Waals surface area contributed by atoms with E-state index >= 15 is 0 Å². The van der Waals surface area contributed by atoms with Gasteiger partial charge in [0.25, 0.3) is 5.91 Å². The van der Waals surface area contributed by atoms with Crippen LogP contribution in [0.1, 0.15) is 30.1 Å². The van der Waals surface area contributed by atoms with Crippen molar-refractivity contribution in [3.05, 3.63) is 28.8 Å². The van der Waals surface area contributed by atoms with Crippen molar-refractivity contribution < 1.29 is 19.4 Å². The number of phenols is 1. The van der Waals surface area contributed by atoms with Gasteiger partial charge in [-0.25, -0.2) is 0 Å². The predicted molar refractivity (Wildman–Crippen MR) is 73.8 cm³/mol. The molecule has 0 spiro atoms. The van der Waals surface area contributed by atoms with E-state index in [9.17, 15) is 14.7 Å². The van der Waals surface area contributed by atoms with Gasteiger partial charge in [-0.2, -0.15) is 0 Å². The summed E-state index contributed by atoms with van der Waals surface area (Å²) in [5, 5.41) is 9.72. The van der Waals surface area contributed by atoms with E-state index in [4.69, 9.17) is 16.3 Å². The Labute approximate surface area is 122 Å². The summed E-state index contributed by atoms with van der Waals surface area (Å²) in [6.07, 6.45) is 1.73. The smallest absolute Gasteiger partial charge is 0.325 e. The van der Waals surface area contributed by atoms with Crippen molar-refractivity contribution in [3.63, 3.8) is 0 Å². The zero-order chi connectivity index (χ0) is 14.7. The Balaban J connectivity index is 2.18. The number of esters is 1. The van der Waals surface area contributed by atoms with Gasteiger partial charge in [0.2, 0.25) is 0 Å². The number of carbonyl (C=O) groups is 2. The number of carbonyl (C=O) groups excluding carboxylic acids is 2. The van der Waals surface area contributed by atoms with Crippen LogP contribution in [0.15, 0.2) is 18.2 Å². The normalized spacial score (nSPS) is 13.9. The van der Waals surface area contributed by atoms with Crippen LogP contribution in [0.5, 0.6) is 5.75 Å². The number of halogens is 1. The van der Waals surface area contributed by atoms with Crippen LogP contribution >= 0.6 is 11.6 Å². The number of hydrogen-bond donors (Lipinski definition) is 1. The van der Waals surface area contributed by atoms with Gasteiger partial charge in [0.1, 0.15) is 12.3 Å². The largest absolute Gasteiger partial charge is 0.508 e. The fraction of sp³-hybridized carbons (Fsp3) is 0.429. The van der Waals surface area contributed by atoms with Crippen LogP contribution < -0.4 is 0 Å². The van der Waals surface area contributed by atoms with E-state index in [0.29, 0.717) is 0 Å². The molecule has 1 saturated carbocycles. The second kappa shape index (κ2) is 6.13. The van der Waals surface area contributed by atoms with E-state index in [2.05, 4.69) is 0 Å². The number of amides is 1. The Morgan fingerprint density at radius 3 is 2.75 bits per heavy atom. The third kappa shape index (κ3) is 3.42. The zero-order valence-electron chi connectivity index (χ0n) is 11.1. The minimum atomic E-state index is -0.441. The number of benzene rings is 1. The van der Waals surface area contributed by atoms with Crippen molar-refractivity contribution in [2.24, 2.45) is 0 Å². The van der Waals surface area contributed by atoms with Crippen LogP contribution in [0.2, 0.25) is 5.02 Å². The molecule has 0 unspecified atom stereocenters. The molecule has 2 rings (SSSR count). The maximum atomic E-state index is 12.5. The van der Waals surface area contributed by atoms with E-state index in [-0.39, 0.29) is 41.4 Å². The molecule has 6 heteroatoms. The standard InChI is InChI=1S/C14H16ClNO4/c1-2-20-13(18)8-16(9-3-4-9)14(19)11-7-10(17)5-6-12(11)15/h5-7,9,17H,2-4,8H2,1H3. The second-order valence-electron chi connectivity index (χ2n) is 4.63. The number of phenolic OH excluding ortho intramolecular Hbond substituents is 1. The van der Waals surface area contributed by atoms with Crippen LogP contribution in [0, 0.1) is 0 Å². The Bertz CT molecular complexity index is 528. The van der Waals surface area contributed by atoms with Crippen molar-refractivity contribution in [1.82, 2.24) is 4.90 Å². The predicted octanol–water partition coefficient (Wildman–Crippen LogP) is 2.21. The molecule has 0 radical (unpaired) electrons. The molecule has 0 atom stereocenters. The van der Waals surface area contributed by atoms with Crippen LogP contribution in [-0.2, 0) is 9.53 Å². The summed E-state index contributed by atoms with van der Waals surface area (Å²) in [5.41, 5.74) is 0.197. The summed E-state index contributed by atoms with van der Waals surface area (Å²) in [6, 6.07) is 4.22. The molecule has 108 valence electrons. The summed E-state index contributed by atoms with van der Waals surface area (Å²) < 4.78 is 4.88. The molecule has 20 heavy (non-hydrogen) atoms. The van der Waals surface area contributed by atoms with E-state index in [1.807, 2.05) is 0 Å². The molecular weight excluding hydrogens is 282 g/mol. The van der Waals surface area contributed by atoms with Gasteiger partial charge in [-0.1, -0.05) is 11.6 Å². The number of nitrogens with zero attached hydrogens (tertiary/aromatic N) is 1. The SMILES string of the molecule is CCOC(=O)CN(C(=O)c1cc(O)ccc1Cl)C1CC1. The van der Waals surface area contributed by atoms with Gasteiger partial charge in [0.15, 0.2) is 0 Å². The molecule has 0 aromatic heterocycles. The molecule has 1 N–H and O–H groups in total. The Hall–Kier alpha value is -1.75. The van der Waals surface area contributed by atoms with Gasteiger partial charge in [0.05, 0.1) is 17.2 Å². The maximum absolute atomic E-state index is 12.5. The summed E-state index contributed by atoms with van der Waals surface area (Å²) in [5.74, 6) is -0.838. The van der Waals surface area contributed by atoms with Crippen LogP contribution in [-0.4, -0.2) is 41.1 Å². The molecule has 5 nitrogen and oxygen atoms in total. The van der Waals surface area contributed by atoms with Gasteiger partial charge in [-0.05, 0) is 38.0 Å². The lowest BCUT2D eigenvalue weighted by Gasteiger charge is -2.22. The van der Waals surface area contributed by atoms with Crippen molar-refractivity contribution in [1.29, 1.82) is 0 Å². The first-order valence-electron chi connectivity index (χ1n) is 6.48. The first kappa shape index (κ1) is 14.7. The first-order valence-corrected chi connectivity index (χ1v) is 6.85. The molecule has 1 aliphatic carbocycles. The van der Waals surface area contributed by atoms with Crippen molar-refractivity contribution >= 4 is 23.5 Å². The molecule has 0 bridgehead atoms. The molecule has 0 saturated heterocycles. The van der Waals surface area contributed by atoms with Crippen LogP contribution in [0.3, 0.4) is 0 Å². The maximum Gasteiger partial charge on any atom is 0.325 e. The van der Waals surface area contributed by atoms with Gasteiger partial charge in [-0.3, -0.25) is 9.59 Å². The van der Waals surface area contributed by atoms with Gasteiger partial charge in [0, 0.05) is 6.04 Å². The number of aromatic hydroxyl groups is 1. The average molecular weight is 298 g/mol. The first-order chi connectivity index (χ1) is 9.52.